The number of aryl methyl sites for hydroxylation is 2. The fourth-order valence-electron chi connectivity index (χ4n) is 2.94. The van der Waals surface area contributed by atoms with E-state index in [1.54, 1.807) is 4.90 Å². The van der Waals surface area contributed by atoms with Gasteiger partial charge in [0.2, 0.25) is 5.91 Å². The van der Waals surface area contributed by atoms with E-state index in [2.05, 4.69) is 5.32 Å². The zero-order valence-electron chi connectivity index (χ0n) is 13.8. The Labute approximate surface area is 144 Å². The predicted octanol–water partition coefficient (Wildman–Crippen LogP) is 1.65. The highest BCUT2D eigenvalue weighted by Gasteiger charge is 2.29. The smallest absolute Gasteiger partial charge is 0.254 e. The number of benzene rings is 1. The van der Waals surface area contributed by atoms with Crippen molar-refractivity contribution < 1.29 is 9.59 Å². The van der Waals surface area contributed by atoms with Gasteiger partial charge < -0.3 is 16.0 Å². The molecule has 3 N–H and O–H groups in total. The average Bonchev–Trinajstić information content (AvgIpc) is 2.52. The van der Waals surface area contributed by atoms with Crippen LogP contribution in [0.4, 0.5) is 0 Å². The molecule has 1 saturated heterocycles. The molecule has 6 heteroatoms. The largest absolute Gasteiger partial charge is 0.355 e. The van der Waals surface area contributed by atoms with Crippen LogP contribution in [0, 0.1) is 19.8 Å². The summed E-state index contributed by atoms with van der Waals surface area (Å²) in [5, 5.41) is 2.82. The number of nitrogens with zero attached hydrogens (tertiary/aromatic N) is 1. The summed E-state index contributed by atoms with van der Waals surface area (Å²) in [6, 6.07) is 5.85. The van der Waals surface area contributed by atoms with E-state index < -0.39 is 0 Å². The van der Waals surface area contributed by atoms with Crippen LogP contribution >= 0.6 is 12.4 Å². The second-order valence-corrected chi connectivity index (χ2v) is 5.99. The Hall–Kier alpha value is -1.59. The van der Waals surface area contributed by atoms with E-state index in [1.165, 1.54) is 0 Å². The molecule has 5 nitrogen and oxygen atoms in total. The number of hydrogen-bond acceptors (Lipinski definition) is 3. The summed E-state index contributed by atoms with van der Waals surface area (Å²) in [5.41, 5.74) is 8.27. The fraction of sp³-hybridized carbons (Fsp3) is 0.529. The highest BCUT2D eigenvalue weighted by molar-refractivity contribution is 5.96. The van der Waals surface area contributed by atoms with E-state index in [-0.39, 0.29) is 30.1 Å². The molecule has 0 spiro atoms. The Morgan fingerprint density at radius 3 is 2.74 bits per heavy atom. The van der Waals surface area contributed by atoms with E-state index >= 15 is 0 Å². The Morgan fingerprint density at radius 1 is 1.35 bits per heavy atom. The van der Waals surface area contributed by atoms with Gasteiger partial charge in [-0.25, -0.2) is 0 Å². The van der Waals surface area contributed by atoms with Crippen molar-refractivity contribution in [1.29, 1.82) is 0 Å². The number of rotatable bonds is 4. The highest BCUT2D eigenvalue weighted by Crippen LogP contribution is 2.20. The van der Waals surface area contributed by atoms with Gasteiger partial charge in [-0.3, -0.25) is 9.59 Å². The Balaban J connectivity index is 0.00000264. The fourth-order valence-corrected chi connectivity index (χ4v) is 2.94. The van der Waals surface area contributed by atoms with Crippen molar-refractivity contribution in [3.63, 3.8) is 0 Å². The van der Waals surface area contributed by atoms with Gasteiger partial charge in [0.25, 0.3) is 5.91 Å². The van der Waals surface area contributed by atoms with Gasteiger partial charge >= 0.3 is 0 Å². The van der Waals surface area contributed by atoms with Crippen molar-refractivity contribution in [1.82, 2.24) is 10.2 Å². The van der Waals surface area contributed by atoms with Gasteiger partial charge in [-0.15, -0.1) is 12.4 Å². The molecule has 1 aromatic rings. The summed E-state index contributed by atoms with van der Waals surface area (Å²) in [4.78, 5) is 26.6. The number of halogens is 1. The van der Waals surface area contributed by atoms with Crippen molar-refractivity contribution in [2.45, 2.75) is 26.7 Å². The molecular formula is C17H26ClN3O2. The van der Waals surface area contributed by atoms with Crippen LogP contribution in [0.1, 0.15) is 34.3 Å². The molecule has 1 aromatic carbocycles. The molecule has 2 rings (SSSR count). The third-order valence-electron chi connectivity index (χ3n) is 4.14. The summed E-state index contributed by atoms with van der Waals surface area (Å²) in [6.45, 7) is 6.09. The lowest BCUT2D eigenvalue weighted by atomic mass is 9.95. The molecule has 128 valence electrons. The molecule has 1 atom stereocenters. The molecule has 1 fully saturated rings. The monoisotopic (exact) mass is 339 g/mol. The molecular weight excluding hydrogens is 314 g/mol. The standard InChI is InChI=1S/C17H25N3O2.ClH/c1-12-5-6-15(13(2)10-12)17(22)20-9-3-4-14(11-20)16(21)19-8-7-18;/h5-6,10,14H,3-4,7-9,11,18H2,1-2H3,(H,19,21);1H. The summed E-state index contributed by atoms with van der Waals surface area (Å²) < 4.78 is 0. The van der Waals surface area contributed by atoms with Crippen LogP contribution in [0.2, 0.25) is 0 Å². The maximum absolute atomic E-state index is 12.7. The Kier molecular flexibility index (Phi) is 7.52. The van der Waals surface area contributed by atoms with Crippen LogP contribution in [0.3, 0.4) is 0 Å². The van der Waals surface area contributed by atoms with E-state index in [0.717, 1.165) is 29.5 Å². The first-order valence-corrected chi connectivity index (χ1v) is 7.87. The van der Waals surface area contributed by atoms with Gasteiger partial charge in [-0.1, -0.05) is 17.7 Å². The lowest BCUT2D eigenvalue weighted by Gasteiger charge is -2.32. The second-order valence-electron chi connectivity index (χ2n) is 5.99. The molecule has 0 aromatic heterocycles. The topological polar surface area (TPSA) is 75.4 Å². The van der Waals surface area contributed by atoms with Gasteiger partial charge in [0.05, 0.1) is 5.92 Å². The number of carbonyl (C=O) groups is 2. The lowest BCUT2D eigenvalue weighted by Crippen LogP contribution is -2.46. The van der Waals surface area contributed by atoms with E-state index in [9.17, 15) is 9.59 Å². The third kappa shape index (κ3) is 4.94. The summed E-state index contributed by atoms with van der Waals surface area (Å²) in [5.74, 6) is -0.104. The van der Waals surface area contributed by atoms with E-state index in [1.807, 2.05) is 32.0 Å². The van der Waals surface area contributed by atoms with Crippen LogP contribution in [0.15, 0.2) is 18.2 Å². The minimum atomic E-state index is -0.130. The number of nitrogens with one attached hydrogen (secondary N) is 1. The molecule has 2 amide bonds. The van der Waals surface area contributed by atoms with Gasteiger partial charge in [-0.2, -0.15) is 0 Å². The third-order valence-corrected chi connectivity index (χ3v) is 4.14. The Bertz CT molecular complexity index is 563. The normalized spacial score (nSPS) is 17.3. The molecule has 0 saturated carbocycles. The Morgan fingerprint density at radius 2 is 2.09 bits per heavy atom. The molecule has 0 radical (unpaired) electrons. The number of amides is 2. The maximum atomic E-state index is 12.7. The first kappa shape index (κ1) is 19.5. The number of nitrogens with two attached hydrogens (primary N) is 1. The molecule has 23 heavy (non-hydrogen) atoms. The number of hydrogen-bond donors (Lipinski definition) is 2. The van der Waals surface area contributed by atoms with Crippen molar-refractivity contribution in [2.75, 3.05) is 26.2 Å². The highest BCUT2D eigenvalue weighted by atomic mass is 35.5. The van der Waals surface area contributed by atoms with Crippen LogP contribution in [-0.4, -0.2) is 42.9 Å². The molecule has 1 aliphatic heterocycles. The van der Waals surface area contributed by atoms with Crippen molar-refractivity contribution in [3.05, 3.63) is 34.9 Å². The van der Waals surface area contributed by atoms with Crippen LogP contribution < -0.4 is 11.1 Å². The van der Waals surface area contributed by atoms with Crippen molar-refractivity contribution in [2.24, 2.45) is 11.7 Å². The van der Waals surface area contributed by atoms with Gasteiger partial charge in [0.1, 0.15) is 0 Å². The van der Waals surface area contributed by atoms with Crippen LogP contribution in [-0.2, 0) is 4.79 Å². The molecule has 1 aliphatic rings. The minimum Gasteiger partial charge on any atom is -0.355 e. The van der Waals surface area contributed by atoms with Gasteiger partial charge in [-0.05, 0) is 38.3 Å². The zero-order valence-corrected chi connectivity index (χ0v) is 14.6. The minimum absolute atomic E-state index is 0. The quantitative estimate of drug-likeness (QED) is 0.875. The lowest BCUT2D eigenvalue weighted by molar-refractivity contribution is -0.126. The molecule has 0 bridgehead atoms. The van der Waals surface area contributed by atoms with Crippen molar-refractivity contribution >= 4 is 24.2 Å². The number of likely N-dealkylation sites (tertiary alicyclic amines) is 1. The molecule has 0 aliphatic carbocycles. The van der Waals surface area contributed by atoms with E-state index in [0.29, 0.717) is 26.2 Å². The molecule has 1 unspecified atom stereocenters. The zero-order chi connectivity index (χ0) is 16.1. The summed E-state index contributed by atoms with van der Waals surface area (Å²) in [6.07, 6.45) is 1.68. The maximum Gasteiger partial charge on any atom is 0.254 e. The average molecular weight is 340 g/mol. The van der Waals surface area contributed by atoms with E-state index in [4.69, 9.17) is 5.73 Å². The van der Waals surface area contributed by atoms with Gasteiger partial charge in [0.15, 0.2) is 0 Å². The first-order valence-electron chi connectivity index (χ1n) is 7.87. The SMILES string of the molecule is Cc1ccc(C(=O)N2CCCC(C(=O)NCCN)C2)c(C)c1.Cl. The van der Waals surface area contributed by atoms with Crippen LogP contribution in [0.5, 0.6) is 0 Å². The molecule has 1 heterocycles. The summed E-state index contributed by atoms with van der Waals surface area (Å²) >= 11 is 0. The number of piperidine rings is 1. The predicted molar refractivity (Wildman–Crippen MR) is 93.9 cm³/mol. The van der Waals surface area contributed by atoms with Crippen LogP contribution in [0.25, 0.3) is 0 Å². The van der Waals surface area contributed by atoms with Crippen molar-refractivity contribution in [3.8, 4) is 0 Å². The first-order chi connectivity index (χ1) is 10.5. The van der Waals surface area contributed by atoms with Gasteiger partial charge in [0, 0.05) is 31.7 Å². The summed E-state index contributed by atoms with van der Waals surface area (Å²) in [7, 11) is 0. The second kappa shape index (κ2) is 8.89. The number of carbonyl (C=O) groups excluding carboxylic acids is 2.